The summed E-state index contributed by atoms with van der Waals surface area (Å²) in [5, 5.41) is 2.35. The first kappa shape index (κ1) is 39.8. The maximum atomic E-state index is 6.82. The number of hydrogen-bond acceptors (Lipinski definition) is 4. The molecule has 5 nitrogen and oxygen atoms in total. The van der Waals surface area contributed by atoms with E-state index in [9.17, 15) is 0 Å². The molecule has 8 aromatic rings. The maximum absolute atomic E-state index is 6.82. The van der Waals surface area contributed by atoms with Gasteiger partial charge in [-0.15, -0.1) is 0 Å². The Morgan fingerprint density at radius 1 is 0.443 bits per heavy atom. The number of benzene rings is 6. The van der Waals surface area contributed by atoms with Gasteiger partial charge in [0.1, 0.15) is 17.3 Å². The maximum Gasteiger partial charge on any atom is 0.137 e. The molecule has 0 unspecified atom stereocenters. The molecule has 2 aromatic heterocycles. The summed E-state index contributed by atoms with van der Waals surface area (Å²) in [6.45, 7) is 21.4. The summed E-state index contributed by atoms with van der Waals surface area (Å²) >= 11 is 0. The fourth-order valence-corrected chi connectivity index (χ4v) is 8.96. The Kier molecular flexibility index (Phi) is 9.90. The van der Waals surface area contributed by atoms with Gasteiger partial charge >= 0.3 is 0 Å². The van der Waals surface area contributed by atoms with Crippen LogP contribution in [0.15, 0.2) is 175 Å². The molecule has 0 aliphatic carbocycles. The summed E-state index contributed by atoms with van der Waals surface area (Å²) in [7, 11) is 0. The molecule has 0 radical (unpaired) electrons. The average molecular weight is 801 g/mol. The predicted molar refractivity (Wildman–Crippen MR) is 257 cm³/mol. The van der Waals surface area contributed by atoms with Crippen LogP contribution in [-0.2, 0) is 5.41 Å². The highest BCUT2D eigenvalue weighted by Gasteiger charge is 2.42. The molecule has 0 saturated carbocycles. The number of allylic oxidation sites excluding steroid dienone is 2. The number of rotatable bonds is 7. The van der Waals surface area contributed by atoms with E-state index >= 15 is 0 Å². The van der Waals surface area contributed by atoms with Gasteiger partial charge in [0.25, 0.3) is 0 Å². The molecule has 1 aliphatic heterocycles. The number of ether oxygens (including phenoxy) is 1. The molecule has 6 aromatic carbocycles. The molecule has 0 atom stereocenters. The van der Waals surface area contributed by atoms with Crippen molar-refractivity contribution in [2.24, 2.45) is 10.8 Å². The topological polar surface area (TPSA) is 33.5 Å². The second-order valence-corrected chi connectivity index (χ2v) is 19.5. The fourth-order valence-electron chi connectivity index (χ4n) is 8.96. The van der Waals surface area contributed by atoms with Crippen LogP contribution >= 0.6 is 0 Å². The minimum atomic E-state index is -0.162. The van der Waals surface area contributed by atoms with Crippen molar-refractivity contribution in [2.75, 3.05) is 16.5 Å². The molecule has 1 aliphatic rings. The van der Waals surface area contributed by atoms with E-state index < -0.39 is 0 Å². The smallest absolute Gasteiger partial charge is 0.137 e. The van der Waals surface area contributed by atoms with E-state index in [1.54, 1.807) is 0 Å². The number of aromatic nitrogens is 2. The minimum absolute atomic E-state index is 0.00486. The summed E-state index contributed by atoms with van der Waals surface area (Å²) in [5.74, 6) is 2.46. The quantitative estimate of drug-likeness (QED) is 0.161. The number of pyridine rings is 1. The molecule has 3 heterocycles. The van der Waals surface area contributed by atoms with E-state index in [0.29, 0.717) is 6.67 Å². The van der Waals surface area contributed by atoms with Crippen molar-refractivity contribution in [3.05, 3.63) is 181 Å². The summed E-state index contributed by atoms with van der Waals surface area (Å²) in [4.78, 5) is 9.94. The third-order valence-electron chi connectivity index (χ3n) is 11.8. The van der Waals surface area contributed by atoms with Crippen molar-refractivity contribution in [1.29, 1.82) is 0 Å². The van der Waals surface area contributed by atoms with Gasteiger partial charge in [-0.3, -0.25) is 4.57 Å². The first-order valence-electron chi connectivity index (χ1n) is 21.5. The second kappa shape index (κ2) is 15.1. The predicted octanol–water partition coefficient (Wildman–Crippen LogP) is 15.2. The van der Waals surface area contributed by atoms with Crippen molar-refractivity contribution in [1.82, 2.24) is 9.55 Å². The lowest BCUT2D eigenvalue weighted by molar-refractivity contribution is 0.444. The largest absolute Gasteiger partial charge is 0.457 e. The lowest BCUT2D eigenvalue weighted by Crippen LogP contribution is -2.31. The first-order valence-corrected chi connectivity index (χ1v) is 21.5. The van der Waals surface area contributed by atoms with Gasteiger partial charge in [0.15, 0.2) is 0 Å². The van der Waals surface area contributed by atoms with Crippen LogP contribution in [0.4, 0.5) is 11.4 Å². The Morgan fingerprint density at radius 2 is 1.02 bits per heavy atom. The number of anilines is 2. The molecular weight excluding hydrogens is 745 g/mol. The number of fused-ring (bicyclic) bond motifs is 3. The number of para-hydroxylation sites is 1. The van der Waals surface area contributed by atoms with E-state index in [-0.39, 0.29) is 16.2 Å². The molecular formula is C56H56N4O. The molecule has 61 heavy (non-hydrogen) atoms. The van der Waals surface area contributed by atoms with Gasteiger partial charge in [0.05, 0.1) is 17.7 Å². The average Bonchev–Trinajstić information content (AvgIpc) is 3.82. The standard InChI is InChI=1S/C56H56N4O/c1-54(2,3)42-29-30-57-51(34-42)60-49-26-17-16-25-47(49)48-28-27-46(36-50(48)60)61-45-24-18-23-43(35-45)58-37-59(53(56(7,8)9)52(58)55(4,5)6)44-32-40(38-19-12-10-13-20-38)31-41(33-44)39-21-14-11-15-22-39/h10-36H,37H2,1-9H3. The number of nitrogens with zero attached hydrogens (tertiary/aromatic N) is 4. The van der Waals surface area contributed by atoms with Gasteiger partial charge < -0.3 is 14.5 Å². The summed E-state index contributed by atoms with van der Waals surface area (Å²) in [5.41, 5.74) is 12.8. The highest BCUT2D eigenvalue weighted by molar-refractivity contribution is 6.09. The third-order valence-corrected chi connectivity index (χ3v) is 11.8. The molecule has 5 heteroatoms. The monoisotopic (exact) mass is 800 g/mol. The second-order valence-electron chi connectivity index (χ2n) is 19.5. The van der Waals surface area contributed by atoms with E-state index in [4.69, 9.17) is 9.72 Å². The van der Waals surface area contributed by atoms with Gasteiger partial charge in [0.2, 0.25) is 0 Å². The van der Waals surface area contributed by atoms with Crippen molar-refractivity contribution in [3.63, 3.8) is 0 Å². The Bertz CT molecular complexity index is 2860. The normalized spacial score (nSPS) is 13.8. The number of hydrogen-bond donors (Lipinski definition) is 0. The van der Waals surface area contributed by atoms with Crippen molar-refractivity contribution in [3.8, 4) is 39.6 Å². The molecule has 0 amide bonds. The zero-order valence-electron chi connectivity index (χ0n) is 37.0. The minimum Gasteiger partial charge on any atom is -0.457 e. The first-order chi connectivity index (χ1) is 29.1. The summed E-state index contributed by atoms with van der Waals surface area (Å²) in [6, 6.07) is 56.4. The highest BCUT2D eigenvalue weighted by atomic mass is 16.5. The molecule has 0 fully saturated rings. The Hall–Kier alpha value is -6.59. The van der Waals surface area contributed by atoms with Crippen LogP contribution in [0.25, 0.3) is 49.9 Å². The van der Waals surface area contributed by atoms with Crippen LogP contribution in [-0.4, -0.2) is 16.2 Å². The Labute approximate surface area is 361 Å². The lowest BCUT2D eigenvalue weighted by Gasteiger charge is -2.34. The Balaban J connectivity index is 1.12. The zero-order valence-corrected chi connectivity index (χ0v) is 37.0. The molecule has 0 bridgehead atoms. The molecule has 0 N–H and O–H groups in total. The molecule has 0 saturated heterocycles. The SMILES string of the molecule is CC(C)(C)C1=C(C(C)(C)C)N(c2cc(-c3ccccc3)cc(-c3ccccc3)c2)CN1c1cccc(Oc2ccc3c4ccccc4n(-c4cc(C(C)(C)C)ccn4)c3c2)c1. The van der Waals surface area contributed by atoms with E-state index in [2.05, 4.69) is 234 Å². The summed E-state index contributed by atoms with van der Waals surface area (Å²) in [6.07, 6.45) is 1.93. The van der Waals surface area contributed by atoms with Gasteiger partial charge in [-0.05, 0) is 93.9 Å². The Morgan fingerprint density at radius 3 is 1.64 bits per heavy atom. The highest BCUT2D eigenvalue weighted by Crippen LogP contribution is 2.49. The lowest BCUT2D eigenvalue weighted by atomic mass is 9.81. The van der Waals surface area contributed by atoms with E-state index in [1.807, 2.05) is 6.20 Å². The van der Waals surface area contributed by atoms with Crippen LogP contribution < -0.4 is 14.5 Å². The van der Waals surface area contributed by atoms with Crippen molar-refractivity contribution < 1.29 is 4.74 Å². The van der Waals surface area contributed by atoms with Gasteiger partial charge in [0, 0.05) is 62.7 Å². The van der Waals surface area contributed by atoms with Crippen LogP contribution in [0.1, 0.15) is 67.9 Å². The molecule has 306 valence electrons. The molecule has 0 spiro atoms. The summed E-state index contributed by atoms with van der Waals surface area (Å²) < 4.78 is 9.09. The zero-order chi connectivity index (χ0) is 42.7. The third kappa shape index (κ3) is 7.70. The van der Waals surface area contributed by atoms with Crippen molar-refractivity contribution >= 4 is 33.2 Å². The van der Waals surface area contributed by atoms with E-state index in [0.717, 1.165) is 34.0 Å². The van der Waals surface area contributed by atoms with Crippen LogP contribution in [0.2, 0.25) is 0 Å². The van der Waals surface area contributed by atoms with Crippen LogP contribution in [0.5, 0.6) is 11.5 Å². The molecule has 9 rings (SSSR count). The van der Waals surface area contributed by atoms with Gasteiger partial charge in [-0.1, -0.05) is 147 Å². The van der Waals surface area contributed by atoms with E-state index in [1.165, 1.54) is 55.7 Å². The van der Waals surface area contributed by atoms with Gasteiger partial charge in [-0.2, -0.15) is 0 Å². The van der Waals surface area contributed by atoms with Crippen LogP contribution in [0, 0.1) is 10.8 Å². The van der Waals surface area contributed by atoms with Crippen molar-refractivity contribution in [2.45, 2.75) is 67.7 Å². The van der Waals surface area contributed by atoms with Gasteiger partial charge in [-0.25, -0.2) is 4.98 Å². The fraction of sp³-hybridized carbons (Fsp3) is 0.232. The van der Waals surface area contributed by atoms with Crippen LogP contribution in [0.3, 0.4) is 0 Å².